The predicted octanol–water partition coefficient (Wildman–Crippen LogP) is 4.32. The summed E-state index contributed by atoms with van der Waals surface area (Å²) in [6.07, 6.45) is 4.60. The Kier molecular flexibility index (Phi) is 8.99. The Balaban J connectivity index is 0.000000658. The lowest BCUT2D eigenvalue weighted by Crippen LogP contribution is -2.19. The van der Waals surface area contributed by atoms with Gasteiger partial charge in [-0.3, -0.25) is 9.78 Å². The number of amides is 1. The van der Waals surface area contributed by atoms with E-state index < -0.39 is 0 Å². The zero-order valence-corrected chi connectivity index (χ0v) is 21.9. The molecule has 2 N–H and O–H groups in total. The molecule has 1 aromatic carbocycles. The average molecular weight is 490 g/mol. The lowest BCUT2D eigenvalue weighted by molar-refractivity contribution is 0.0952. The van der Waals surface area contributed by atoms with Gasteiger partial charge < -0.3 is 5.32 Å². The highest BCUT2D eigenvalue weighted by atomic mass is 16.2. The van der Waals surface area contributed by atoms with E-state index in [0.717, 1.165) is 47.5 Å². The van der Waals surface area contributed by atoms with Crippen molar-refractivity contribution in [1.82, 2.24) is 45.7 Å². The second kappa shape index (κ2) is 12.1. The molecule has 4 rings (SSSR count). The van der Waals surface area contributed by atoms with Gasteiger partial charge in [-0.2, -0.15) is 5.21 Å². The van der Waals surface area contributed by atoms with Gasteiger partial charge in [-0.15, -0.1) is 15.3 Å². The number of H-pyrrole nitrogens is 1. The topological polar surface area (TPSA) is 127 Å². The molecule has 4 aromatic rings. The van der Waals surface area contributed by atoms with Crippen LogP contribution in [0.3, 0.4) is 0 Å². The van der Waals surface area contributed by atoms with E-state index in [1.165, 1.54) is 0 Å². The quantitative estimate of drug-likeness (QED) is 0.377. The normalized spacial score (nSPS) is 11.1. The Morgan fingerprint density at radius 2 is 1.81 bits per heavy atom. The summed E-state index contributed by atoms with van der Waals surface area (Å²) in [6, 6.07) is 11.7. The monoisotopic (exact) mass is 489 g/mol. The fourth-order valence-corrected chi connectivity index (χ4v) is 3.26. The number of unbranched alkanes of at least 4 members (excludes halogenated alkanes) is 1. The molecule has 0 aliphatic carbocycles. The molecule has 0 radical (unpaired) electrons. The minimum atomic E-state index is -0.289. The van der Waals surface area contributed by atoms with Gasteiger partial charge in [-0.25, -0.2) is 9.67 Å². The number of carbonyl (C=O) groups excluding carboxylic acids is 1. The molecular weight excluding hydrogens is 454 g/mol. The molecule has 0 atom stereocenters. The molecular formula is C26H35N9O. The fourth-order valence-electron chi connectivity index (χ4n) is 3.26. The average Bonchev–Trinajstić information content (AvgIpc) is 3.52. The summed E-state index contributed by atoms with van der Waals surface area (Å²) < 4.78 is 1.78. The third-order valence-corrected chi connectivity index (χ3v) is 4.88. The number of hydrogen-bond donors (Lipinski definition) is 2. The first-order valence-corrected chi connectivity index (χ1v) is 12.1. The predicted molar refractivity (Wildman–Crippen MR) is 139 cm³/mol. The zero-order chi connectivity index (χ0) is 26.1. The molecule has 0 aliphatic heterocycles. The highest BCUT2D eigenvalue weighted by Crippen LogP contribution is 2.28. The molecule has 0 aliphatic rings. The lowest BCUT2D eigenvalue weighted by Gasteiger charge is -2.08. The van der Waals surface area contributed by atoms with Crippen LogP contribution >= 0.6 is 0 Å². The standard InChI is InChI=1S/C21H23N9O.C5H12/c1-3-4-9-18-24-20(21(31)22-2)27-30(18)13-14-10-11-17(23-12-14)15-7-5-6-8-16(15)19-25-28-29-26-19;1-5(2,3)4/h5-8,10-12H,3-4,9,13H2,1-2H3,(H,22,31)(H,25,26,28,29);1-4H3. The summed E-state index contributed by atoms with van der Waals surface area (Å²) in [7, 11) is 1.57. The summed E-state index contributed by atoms with van der Waals surface area (Å²) in [5.41, 5.74) is 4.04. The van der Waals surface area contributed by atoms with Crippen molar-refractivity contribution in [2.75, 3.05) is 7.05 Å². The summed E-state index contributed by atoms with van der Waals surface area (Å²) in [5.74, 6) is 1.22. The number of carbonyl (C=O) groups is 1. The van der Waals surface area contributed by atoms with Crippen molar-refractivity contribution in [1.29, 1.82) is 0 Å². The molecule has 1 amide bonds. The van der Waals surface area contributed by atoms with E-state index in [1.807, 2.05) is 42.6 Å². The van der Waals surface area contributed by atoms with E-state index in [2.05, 4.69) is 75.6 Å². The summed E-state index contributed by atoms with van der Waals surface area (Å²) >= 11 is 0. The largest absolute Gasteiger partial charge is 0.352 e. The summed E-state index contributed by atoms with van der Waals surface area (Å²) in [6.45, 7) is 11.4. The number of tetrazole rings is 1. The molecule has 0 saturated carbocycles. The maximum absolute atomic E-state index is 12.0. The minimum Gasteiger partial charge on any atom is -0.352 e. The molecule has 0 unspecified atom stereocenters. The molecule has 3 heterocycles. The van der Waals surface area contributed by atoms with Crippen molar-refractivity contribution in [3.63, 3.8) is 0 Å². The van der Waals surface area contributed by atoms with Gasteiger partial charge in [0, 0.05) is 30.8 Å². The van der Waals surface area contributed by atoms with Crippen molar-refractivity contribution in [2.45, 2.75) is 60.4 Å². The Labute approximate surface area is 212 Å². The van der Waals surface area contributed by atoms with Gasteiger partial charge in [0.2, 0.25) is 11.6 Å². The highest BCUT2D eigenvalue weighted by Gasteiger charge is 2.16. The Morgan fingerprint density at radius 1 is 1.08 bits per heavy atom. The smallest absolute Gasteiger partial charge is 0.290 e. The maximum Gasteiger partial charge on any atom is 0.290 e. The Hall–Kier alpha value is -3.95. The van der Waals surface area contributed by atoms with Gasteiger partial charge in [0.05, 0.1) is 12.2 Å². The number of pyridine rings is 1. The van der Waals surface area contributed by atoms with E-state index in [9.17, 15) is 4.79 Å². The first-order valence-electron chi connectivity index (χ1n) is 12.1. The third kappa shape index (κ3) is 7.53. The van der Waals surface area contributed by atoms with Gasteiger partial charge >= 0.3 is 0 Å². The minimum absolute atomic E-state index is 0.187. The van der Waals surface area contributed by atoms with E-state index in [4.69, 9.17) is 0 Å². The molecule has 0 fully saturated rings. The van der Waals surface area contributed by atoms with Crippen LogP contribution in [0.5, 0.6) is 0 Å². The first-order chi connectivity index (χ1) is 17.2. The molecule has 0 saturated heterocycles. The van der Waals surface area contributed by atoms with Crippen LogP contribution in [0, 0.1) is 5.41 Å². The second-order valence-electron chi connectivity index (χ2n) is 10.0. The van der Waals surface area contributed by atoms with Gasteiger partial charge in [0.15, 0.2) is 0 Å². The number of hydrogen-bond acceptors (Lipinski definition) is 7. The molecule has 3 aromatic heterocycles. The van der Waals surface area contributed by atoms with Crippen molar-refractivity contribution in [3.05, 3.63) is 59.8 Å². The van der Waals surface area contributed by atoms with Crippen LogP contribution in [0.25, 0.3) is 22.6 Å². The molecule has 0 bridgehead atoms. The molecule has 10 nitrogen and oxygen atoms in total. The fraction of sp³-hybridized carbons (Fsp3) is 0.423. The second-order valence-corrected chi connectivity index (χ2v) is 10.0. The van der Waals surface area contributed by atoms with Crippen LogP contribution < -0.4 is 5.32 Å². The number of aromatic nitrogens is 8. The van der Waals surface area contributed by atoms with Gasteiger partial charge in [-0.1, -0.05) is 71.4 Å². The molecule has 0 spiro atoms. The number of aryl methyl sites for hydroxylation is 1. The van der Waals surface area contributed by atoms with Crippen LogP contribution in [-0.4, -0.2) is 53.3 Å². The zero-order valence-electron chi connectivity index (χ0n) is 21.9. The van der Waals surface area contributed by atoms with Crippen molar-refractivity contribution >= 4 is 5.91 Å². The number of rotatable bonds is 8. The SMILES string of the molecule is CC(C)(C)C.CCCCc1nc(C(=O)NC)nn1Cc1ccc(-c2ccccc2-c2nn[nH]n2)nc1. The highest BCUT2D eigenvalue weighted by molar-refractivity contribution is 5.90. The van der Waals surface area contributed by atoms with Crippen molar-refractivity contribution in [3.8, 4) is 22.6 Å². The molecule has 36 heavy (non-hydrogen) atoms. The van der Waals surface area contributed by atoms with Crippen LogP contribution in [0.2, 0.25) is 0 Å². The van der Waals surface area contributed by atoms with E-state index >= 15 is 0 Å². The van der Waals surface area contributed by atoms with Gasteiger partial charge in [-0.05, 0) is 28.7 Å². The van der Waals surface area contributed by atoms with Crippen LogP contribution in [0.4, 0.5) is 0 Å². The summed E-state index contributed by atoms with van der Waals surface area (Å²) in [4.78, 5) is 21.0. The summed E-state index contributed by atoms with van der Waals surface area (Å²) in [5, 5.41) is 21.3. The van der Waals surface area contributed by atoms with Crippen LogP contribution in [-0.2, 0) is 13.0 Å². The van der Waals surface area contributed by atoms with E-state index in [0.29, 0.717) is 17.8 Å². The van der Waals surface area contributed by atoms with Crippen LogP contribution in [0.15, 0.2) is 42.6 Å². The van der Waals surface area contributed by atoms with Gasteiger partial charge in [0.1, 0.15) is 5.82 Å². The van der Waals surface area contributed by atoms with E-state index in [1.54, 1.807) is 11.7 Å². The molecule has 190 valence electrons. The maximum atomic E-state index is 12.0. The van der Waals surface area contributed by atoms with Crippen molar-refractivity contribution < 1.29 is 4.79 Å². The lowest BCUT2D eigenvalue weighted by atomic mass is 10.0. The van der Waals surface area contributed by atoms with Gasteiger partial charge in [0.25, 0.3) is 5.91 Å². The van der Waals surface area contributed by atoms with E-state index in [-0.39, 0.29) is 11.7 Å². The molecule has 10 heteroatoms. The van der Waals surface area contributed by atoms with Crippen LogP contribution in [0.1, 0.15) is 69.5 Å². The number of nitrogens with one attached hydrogen (secondary N) is 2. The number of benzene rings is 1. The first kappa shape index (κ1) is 26.7. The number of nitrogens with zero attached hydrogens (tertiary/aromatic N) is 7. The third-order valence-electron chi connectivity index (χ3n) is 4.88. The Bertz CT molecular complexity index is 1230. The Morgan fingerprint density at radius 3 is 2.39 bits per heavy atom. The van der Waals surface area contributed by atoms with Crippen molar-refractivity contribution in [2.24, 2.45) is 5.41 Å². The number of aromatic amines is 1.